The van der Waals surface area contributed by atoms with E-state index in [2.05, 4.69) is 0 Å². The molecule has 2 rings (SSSR count). The second kappa shape index (κ2) is 5.72. The van der Waals surface area contributed by atoms with E-state index in [1.165, 1.54) is 24.3 Å². The number of aryl methyl sites for hydroxylation is 1. The summed E-state index contributed by atoms with van der Waals surface area (Å²) in [5, 5.41) is 52.6. The Morgan fingerprint density at radius 2 is 1.16 bits per heavy atom. The van der Waals surface area contributed by atoms with Crippen LogP contribution in [0.4, 0.5) is 0 Å². The van der Waals surface area contributed by atoms with Crippen LogP contribution in [0.15, 0.2) is 30.3 Å². The van der Waals surface area contributed by atoms with E-state index in [1.54, 1.807) is 6.92 Å². The minimum Gasteiger partial charge on any atom is -0.508 e. The Morgan fingerprint density at radius 1 is 0.632 bits per heavy atom. The van der Waals surface area contributed by atoms with Gasteiger partial charge >= 0.3 is 0 Å². The molecule has 0 fully saturated rings. The average molecular weight is 266 g/mol. The van der Waals surface area contributed by atoms with Crippen LogP contribution in [0.3, 0.4) is 0 Å². The molecule has 0 bridgehead atoms. The lowest BCUT2D eigenvalue weighted by Crippen LogP contribution is -1.74. The molecule has 0 saturated heterocycles. The first kappa shape index (κ1) is 14.3. The topological polar surface area (TPSA) is 121 Å². The highest BCUT2D eigenvalue weighted by molar-refractivity contribution is 5.50. The van der Waals surface area contributed by atoms with Crippen molar-refractivity contribution in [3.8, 4) is 34.5 Å². The van der Waals surface area contributed by atoms with Crippen LogP contribution < -0.4 is 0 Å². The predicted molar refractivity (Wildman–Crippen MR) is 67.6 cm³/mol. The van der Waals surface area contributed by atoms with Gasteiger partial charge in [0.05, 0.1) is 0 Å². The summed E-state index contributed by atoms with van der Waals surface area (Å²) in [6.45, 7) is 1.71. The molecule has 0 aliphatic rings. The average Bonchev–Trinajstić information content (AvgIpc) is 2.32. The molecule has 0 radical (unpaired) electrons. The molecule has 0 heterocycles. The van der Waals surface area contributed by atoms with Gasteiger partial charge < -0.3 is 30.6 Å². The van der Waals surface area contributed by atoms with Crippen molar-refractivity contribution >= 4 is 0 Å². The maximum Gasteiger partial charge on any atom is 0.200 e. The maximum absolute atomic E-state index is 8.87. The van der Waals surface area contributed by atoms with Crippen LogP contribution in [-0.2, 0) is 0 Å². The Hall–Kier alpha value is -2.76. The molecule has 2 aromatic carbocycles. The van der Waals surface area contributed by atoms with E-state index in [4.69, 9.17) is 30.6 Å². The van der Waals surface area contributed by atoms with Crippen molar-refractivity contribution in [3.63, 3.8) is 0 Å². The Balaban J connectivity index is 0.000000191. The number of phenolic OH excluding ortho intramolecular Hbond substituents is 6. The van der Waals surface area contributed by atoms with Crippen molar-refractivity contribution in [2.24, 2.45) is 0 Å². The third-order valence-electron chi connectivity index (χ3n) is 2.17. The Bertz CT molecular complexity index is 556. The van der Waals surface area contributed by atoms with E-state index in [0.717, 1.165) is 6.07 Å². The van der Waals surface area contributed by atoms with E-state index in [1.807, 2.05) is 0 Å². The van der Waals surface area contributed by atoms with Gasteiger partial charge in [-0.1, -0.05) is 0 Å². The Morgan fingerprint density at radius 3 is 1.58 bits per heavy atom. The molecule has 0 saturated carbocycles. The van der Waals surface area contributed by atoms with Crippen LogP contribution in [0.1, 0.15) is 5.56 Å². The van der Waals surface area contributed by atoms with Gasteiger partial charge in [-0.3, -0.25) is 0 Å². The molecule has 6 nitrogen and oxygen atoms in total. The van der Waals surface area contributed by atoms with Gasteiger partial charge in [0.25, 0.3) is 0 Å². The molecular weight excluding hydrogens is 252 g/mol. The maximum atomic E-state index is 8.87. The first-order valence-corrected chi connectivity index (χ1v) is 5.23. The summed E-state index contributed by atoms with van der Waals surface area (Å²) in [6, 6.07) is 6.30. The zero-order valence-corrected chi connectivity index (χ0v) is 10.1. The van der Waals surface area contributed by atoms with E-state index in [9.17, 15) is 0 Å². The zero-order chi connectivity index (χ0) is 14.6. The van der Waals surface area contributed by atoms with Gasteiger partial charge in [0.2, 0.25) is 0 Å². The van der Waals surface area contributed by atoms with Gasteiger partial charge in [0, 0.05) is 6.07 Å². The van der Waals surface area contributed by atoms with Crippen LogP contribution in [0, 0.1) is 6.92 Å². The molecule has 0 spiro atoms. The molecule has 6 heteroatoms. The molecular formula is C13H14O6. The number of hydrogen-bond donors (Lipinski definition) is 6. The van der Waals surface area contributed by atoms with Crippen LogP contribution in [-0.4, -0.2) is 30.6 Å². The number of hydrogen-bond acceptors (Lipinski definition) is 6. The van der Waals surface area contributed by atoms with Crippen LogP contribution in [0.5, 0.6) is 34.5 Å². The van der Waals surface area contributed by atoms with Gasteiger partial charge in [-0.05, 0) is 36.8 Å². The third kappa shape index (κ3) is 3.88. The largest absolute Gasteiger partial charge is 0.508 e. The lowest BCUT2D eigenvalue weighted by atomic mass is 10.2. The van der Waals surface area contributed by atoms with E-state index in [0.29, 0.717) is 5.56 Å². The van der Waals surface area contributed by atoms with Crippen molar-refractivity contribution in [1.29, 1.82) is 0 Å². The highest BCUT2D eigenvalue weighted by Gasteiger charge is 2.04. The van der Waals surface area contributed by atoms with Gasteiger partial charge in [-0.25, -0.2) is 0 Å². The molecule has 6 N–H and O–H groups in total. The molecule has 0 aliphatic heterocycles. The lowest BCUT2D eigenvalue weighted by molar-refractivity contribution is 0.367. The zero-order valence-electron chi connectivity index (χ0n) is 10.1. The van der Waals surface area contributed by atoms with Crippen LogP contribution >= 0.6 is 0 Å². The third-order valence-corrected chi connectivity index (χ3v) is 2.17. The van der Waals surface area contributed by atoms with E-state index < -0.39 is 5.75 Å². The van der Waals surface area contributed by atoms with E-state index >= 15 is 0 Å². The fraction of sp³-hybridized carbons (Fsp3) is 0.0769. The Labute approximate surface area is 109 Å². The lowest BCUT2D eigenvalue weighted by Gasteiger charge is -2.00. The number of phenols is 6. The molecule has 2 aromatic rings. The summed E-state index contributed by atoms with van der Waals surface area (Å²) in [6.07, 6.45) is 0. The summed E-state index contributed by atoms with van der Waals surface area (Å²) in [5.41, 5.74) is 0.702. The minimum atomic E-state index is -0.467. The quantitative estimate of drug-likeness (QED) is 0.320. The number of aromatic hydroxyl groups is 6. The predicted octanol–water partition coefficient (Wildman–Crippen LogP) is 1.92. The SMILES string of the molecule is Cc1cc(O)c(O)c(O)c1.Oc1ccc(O)c(O)c1. The van der Waals surface area contributed by atoms with Crippen molar-refractivity contribution in [2.75, 3.05) is 0 Å². The molecule has 102 valence electrons. The summed E-state index contributed by atoms with van der Waals surface area (Å²) < 4.78 is 0. The van der Waals surface area contributed by atoms with Gasteiger partial charge in [0.1, 0.15) is 5.75 Å². The summed E-state index contributed by atoms with van der Waals surface area (Å²) in [5.74, 6) is -1.66. The number of rotatable bonds is 0. The van der Waals surface area contributed by atoms with Crippen molar-refractivity contribution in [3.05, 3.63) is 35.9 Å². The minimum absolute atomic E-state index is 0.0645. The fourth-order valence-corrected chi connectivity index (χ4v) is 1.25. The first-order valence-electron chi connectivity index (χ1n) is 5.23. The molecule has 0 atom stereocenters. The van der Waals surface area contributed by atoms with Crippen LogP contribution in [0.2, 0.25) is 0 Å². The first-order chi connectivity index (χ1) is 8.81. The van der Waals surface area contributed by atoms with Crippen LogP contribution in [0.25, 0.3) is 0 Å². The highest BCUT2D eigenvalue weighted by atomic mass is 16.3. The summed E-state index contributed by atoms with van der Waals surface area (Å²) >= 11 is 0. The Kier molecular flexibility index (Phi) is 4.31. The van der Waals surface area contributed by atoms with Crippen molar-refractivity contribution in [2.45, 2.75) is 6.92 Å². The smallest absolute Gasteiger partial charge is 0.200 e. The van der Waals surface area contributed by atoms with Gasteiger partial charge in [0.15, 0.2) is 28.7 Å². The van der Waals surface area contributed by atoms with Crippen molar-refractivity contribution in [1.82, 2.24) is 0 Å². The molecule has 19 heavy (non-hydrogen) atoms. The fourth-order valence-electron chi connectivity index (χ4n) is 1.25. The summed E-state index contributed by atoms with van der Waals surface area (Å²) in [7, 11) is 0. The second-order valence-electron chi connectivity index (χ2n) is 3.82. The standard InChI is InChI=1S/C7H8O3.C6H6O3/c1-4-2-5(8)7(10)6(9)3-4;7-4-1-2-5(8)6(9)3-4/h2-3,8-10H,1H3;1-3,7-9H. The monoisotopic (exact) mass is 266 g/mol. The number of benzene rings is 2. The molecule has 0 aromatic heterocycles. The molecule has 0 unspecified atom stereocenters. The van der Waals surface area contributed by atoms with Crippen molar-refractivity contribution < 1.29 is 30.6 Å². The normalized spacial score (nSPS) is 9.53. The highest BCUT2D eigenvalue weighted by Crippen LogP contribution is 2.34. The second-order valence-corrected chi connectivity index (χ2v) is 3.82. The van der Waals surface area contributed by atoms with Gasteiger partial charge in [-0.2, -0.15) is 0 Å². The summed E-state index contributed by atoms with van der Waals surface area (Å²) in [4.78, 5) is 0. The molecule has 0 aliphatic carbocycles. The molecule has 0 amide bonds. The van der Waals surface area contributed by atoms with E-state index in [-0.39, 0.29) is 28.7 Å². The van der Waals surface area contributed by atoms with Gasteiger partial charge in [-0.15, -0.1) is 0 Å².